The quantitative estimate of drug-likeness (QED) is 0.617. The number of hydrogen-bond donors (Lipinski definition) is 1. The molecule has 1 saturated heterocycles. The summed E-state index contributed by atoms with van der Waals surface area (Å²) in [7, 11) is 1.25. The molecule has 1 aromatic rings. The molecule has 3 rings (SSSR count). The predicted octanol–water partition coefficient (Wildman–Crippen LogP) is 1.46. The summed E-state index contributed by atoms with van der Waals surface area (Å²) in [4.78, 5) is 29.5. The first-order valence-electron chi connectivity index (χ1n) is 8.22. The van der Waals surface area contributed by atoms with E-state index in [2.05, 4.69) is 21.8 Å². The van der Waals surface area contributed by atoms with Gasteiger partial charge in [0.25, 0.3) is 5.91 Å². The van der Waals surface area contributed by atoms with Gasteiger partial charge in [0.15, 0.2) is 6.10 Å². The summed E-state index contributed by atoms with van der Waals surface area (Å²) in [6, 6.07) is 2.53. The molecule has 2 aliphatic rings. The number of amides is 1. The van der Waals surface area contributed by atoms with Crippen molar-refractivity contribution in [2.24, 2.45) is 5.16 Å². The molecule has 3 atom stereocenters. The summed E-state index contributed by atoms with van der Waals surface area (Å²) in [6.45, 7) is 3.76. The van der Waals surface area contributed by atoms with Crippen LogP contribution in [-0.4, -0.2) is 49.1 Å². The smallest absolute Gasteiger partial charge is 0.335 e. The van der Waals surface area contributed by atoms with Crippen LogP contribution in [-0.2, 0) is 23.9 Å². The van der Waals surface area contributed by atoms with Crippen molar-refractivity contribution < 1.29 is 32.7 Å². The van der Waals surface area contributed by atoms with E-state index in [1.807, 2.05) is 0 Å². The number of carbonyl (C=O) groups is 2. The van der Waals surface area contributed by atoms with E-state index in [-0.39, 0.29) is 30.7 Å². The van der Waals surface area contributed by atoms with Crippen LogP contribution in [0.15, 0.2) is 36.0 Å². The van der Waals surface area contributed by atoms with Gasteiger partial charge in [-0.2, -0.15) is 0 Å². The van der Waals surface area contributed by atoms with Crippen LogP contribution in [0.3, 0.4) is 0 Å². The van der Waals surface area contributed by atoms with Crippen molar-refractivity contribution in [1.29, 1.82) is 0 Å². The molecular weight excluding hydrogens is 362 g/mol. The Bertz CT molecular complexity index is 793. The molecule has 1 aromatic carbocycles. The largest absolute Gasteiger partial charge is 0.467 e. The van der Waals surface area contributed by atoms with E-state index in [0.717, 1.165) is 18.2 Å². The van der Waals surface area contributed by atoms with Gasteiger partial charge in [0.2, 0.25) is 5.60 Å². The number of oxime groups is 1. The van der Waals surface area contributed by atoms with Crippen LogP contribution in [0.2, 0.25) is 0 Å². The highest BCUT2D eigenvalue weighted by molar-refractivity contribution is 6.06. The maximum Gasteiger partial charge on any atom is 0.335 e. The number of nitrogens with one attached hydrogen (secondary N) is 1. The molecule has 2 heterocycles. The lowest BCUT2D eigenvalue weighted by Gasteiger charge is -2.23. The van der Waals surface area contributed by atoms with Crippen LogP contribution in [0.25, 0.3) is 0 Å². The first-order valence-corrected chi connectivity index (χ1v) is 8.22. The summed E-state index contributed by atoms with van der Waals surface area (Å²) in [5.41, 5.74) is -1.11. The predicted molar refractivity (Wildman–Crippen MR) is 89.8 cm³/mol. The molecule has 0 unspecified atom stereocenters. The van der Waals surface area contributed by atoms with Gasteiger partial charge in [-0.25, -0.2) is 13.6 Å². The van der Waals surface area contributed by atoms with Crippen molar-refractivity contribution >= 4 is 17.6 Å². The Morgan fingerprint density at radius 2 is 2.07 bits per heavy atom. The van der Waals surface area contributed by atoms with Crippen LogP contribution >= 0.6 is 0 Å². The minimum Gasteiger partial charge on any atom is -0.467 e. The van der Waals surface area contributed by atoms with E-state index in [9.17, 15) is 18.4 Å². The van der Waals surface area contributed by atoms with E-state index < -0.39 is 41.3 Å². The van der Waals surface area contributed by atoms with Crippen LogP contribution in [0.4, 0.5) is 8.78 Å². The zero-order valence-electron chi connectivity index (χ0n) is 14.5. The van der Waals surface area contributed by atoms with E-state index in [1.165, 1.54) is 13.2 Å². The second kappa shape index (κ2) is 7.43. The van der Waals surface area contributed by atoms with Crippen LogP contribution < -0.4 is 5.32 Å². The number of methoxy groups -OCH3 is 1. The van der Waals surface area contributed by atoms with E-state index in [0.29, 0.717) is 0 Å². The molecule has 9 heteroatoms. The van der Waals surface area contributed by atoms with Gasteiger partial charge in [0, 0.05) is 24.5 Å². The first kappa shape index (κ1) is 19.0. The molecule has 0 aliphatic carbocycles. The molecule has 0 saturated carbocycles. The second-order valence-electron chi connectivity index (χ2n) is 6.31. The lowest BCUT2D eigenvalue weighted by molar-refractivity contribution is -0.151. The Morgan fingerprint density at radius 3 is 2.70 bits per heavy atom. The normalized spacial score (nSPS) is 26.9. The third-order valence-electron chi connectivity index (χ3n) is 4.46. The zero-order valence-corrected chi connectivity index (χ0v) is 14.5. The molecular formula is C18H18F2N2O5. The first-order chi connectivity index (χ1) is 12.9. The minimum atomic E-state index is -1.51. The number of ether oxygens (including phenoxy) is 2. The SMILES string of the molecule is C=C[C@@]1(C(=O)N[C@H]2CO[C@@H](C(=O)OC)C2)CC(c2cc(F)cc(F)c2)=NO1. The third kappa shape index (κ3) is 3.82. The fourth-order valence-electron chi connectivity index (χ4n) is 2.98. The highest BCUT2D eigenvalue weighted by Gasteiger charge is 2.46. The topological polar surface area (TPSA) is 86.2 Å². The fourth-order valence-corrected chi connectivity index (χ4v) is 2.98. The highest BCUT2D eigenvalue weighted by Crippen LogP contribution is 2.29. The van der Waals surface area contributed by atoms with Gasteiger partial charge in [-0.3, -0.25) is 4.79 Å². The molecule has 27 heavy (non-hydrogen) atoms. The summed E-state index contributed by atoms with van der Waals surface area (Å²) in [5, 5.41) is 6.54. The number of hydrogen-bond acceptors (Lipinski definition) is 6. The van der Waals surface area contributed by atoms with E-state index in [1.54, 1.807) is 0 Å². The third-order valence-corrected chi connectivity index (χ3v) is 4.46. The number of rotatable bonds is 5. The minimum absolute atomic E-state index is 0.0424. The van der Waals surface area contributed by atoms with Crippen molar-refractivity contribution in [3.8, 4) is 0 Å². The van der Waals surface area contributed by atoms with Gasteiger partial charge in [-0.15, -0.1) is 0 Å². The van der Waals surface area contributed by atoms with Crippen molar-refractivity contribution in [1.82, 2.24) is 5.32 Å². The summed E-state index contributed by atoms with van der Waals surface area (Å²) in [5.74, 6) is -2.57. The maximum absolute atomic E-state index is 13.4. The Kier molecular flexibility index (Phi) is 5.22. The fraction of sp³-hybridized carbons (Fsp3) is 0.389. The molecule has 0 aromatic heterocycles. The van der Waals surface area contributed by atoms with Crippen LogP contribution in [0.1, 0.15) is 18.4 Å². The molecule has 1 N–H and O–H groups in total. The number of carbonyl (C=O) groups excluding carboxylic acids is 2. The molecule has 0 spiro atoms. The van der Waals surface area contributed by atoms with Crippen LogP contribution in [0, 0.1) is 11.6 Å². The molecule has 2 aliphatic heterocycles. The number of benzene rings is 1. The van der Waals surface area contributed by atoms with Crippen molar-refractivity contribution in [2.75, 3.05) is 13.7 Å². The summed E-state index contributed by atoms with van der Waals surface area (Å²) < 4.78 is 36.8. The average molecular weight is 380 g/mol. The van der Waals surface area contributed by atoms with Gasteiger partial charge in [-0.05, 0) is 18.2 Å². The molecule has 7 nitrogen and oxygen atoms in total. The van der Waals surface area contributed by atoms with Gasteiger partial charge in [-0.1, -0.05) is 11.7 Å². The zero-order chi connectivity index (χ0) is 19.6. The molecule has 1 fully saturated rings. The van der Waals surface area contributed by atoms with Crippen molar-refractivity contribution in [2.45, 2.75) is 30.6 Å². The second-order valence-corrected chi connectivity index (χ2v) is 6.31. The molecule has 1 amide bonds. The van der Waals surface area contributed by atoms with Crippen molar-refractivity contribution in [3.05, 3.63) is 48.1 Å². The maximum atomic E-state index is 13.4. The number of nitrogens with zero attached hydrogens (tertiary/aromatic N) is 1. The van der Waals surface area contributed by atoms with Gasteiger partial charge < -0.3 is 19.6 Å². The summed E-state index contributed by atoms with van der Waals surface area (Å²) >= 11 is 0. The summed E-state index contributed by atoms with van der Waals surface area (Å²) in [6.07, 6.45) is 0.752. The monoisotopic (exact) mass is 380 g/mol. The standard InChI is InChI=1S/C18H18F2N2O5/c1-3-18(17(24)21-13-7-15(26-9-13)16(23)25-2)8-14(22-27-18)10-4-11(19)6-12(20)5-10/h3-6,13,15H,1,7-9H2,2H3,(H,21,24)/t13-,15-,18+/m1/s1. The lowest BCUT2D eigenvalue weighted by atomic mass is 9.92. The Balaban J connectivity index is 1.67. The Morgan fingerprint density at radius 1 is 1.37 bits per heavy atom. The highest BCUT2D eigenvalue weighted by atomic mass is 19.1. The molecule has 144 valence electrons. The Hall–Kier alpha value is -2.81. The van der Waals surface area contributed by atoms with Gasteiger partial charge in [0.05, 0.1) is 25.5 Å². The number of esters is 1. The molecule has 0 radical (unpaired) electrons. The lowest BCUT2D eigenvalue weighted by Crippen LogP contribution is -2.49. The van der Waals surface area contributed by atoms with Crippen molar-refractivity contribution in [3.63, 3.8) is 0 Å². The average Bonchev–Trinajstić information content (AvgIpc) is 3.28. The number of halogens is 2. The Labute approximate surface area is 154 Å². The molecule has 0 bridgehead atoms. The van der Waals surface area contributed by atoms with Crippen LogP contribution in [0.5, 0.6) is 0 Å². The van der Waals surface area contributed by atoms with Gasteiger partial charge in [0.1, 0.15) is 11.6 Å². The van der Waals surface area contributed by atoms with E-state index in [4.69, 9.17) is 9.57 Å². The van der Waals surface area contributed by atoms with E-state index >= 15 is 0 Å². The van der Waals surface area contributed by atoms with Gasteiger partial charge >= 0.3 is 5.97 Å².